The van der Waals surface area contributed by atoms with Crippen molar-refractivity contribution in [3.8, 4) is 0 Å². The van der Waals surface area contributed by atoms with Gasteiger partial charge in [0.1, 0.15) is 18.2 Å². The number of nitrogens with zero attached hydrogens (tertiary/aromatic N) is 2. The predicted octanol–water partition coefficient (Wildman–Crippen LogP) is 3.97. The summed E-state index contributed by atoms with van der Waals surface area (Å²) in [7, 11) is -2.40. The van der Waals surface area contributed by atoms with E-state index in [0.717, 1.165) is 34.3 Å². The molecule has 6 nitrogen and oxygen atoms in total. The van der Waals surface area contributed by atoms with Gasteiger partial charge in [0.05, 0.1) is 12.0 Å². The van der Waals surface area contributed by atoms with Crippen molar-refractivity contribution >= 4 is 26.9 Å². The van der Waals surface area contributed by atoms with Gasteiger partial charge in [0, 0.05) is 29.7 Å². The molecular formula is C23H24F2N2O4S. The van der Waals surface area contributed by atoms with Crippen molar-refractivity contribution in [3.05, 3.63) is 65.4 Å². The molecule has 0 spiro atoms. The Morgan fingerprint density at radius 2 is 1.69 bits per heavy atom. The maximum atomic E-state index is 14.1. The van der Waals surface area contributed by atoms with Crippen molar-refractivity contribution in [1.29, 1.82) is 0 Å². The smallest absolute Gasteiger partial charge is 0.325 e. The minimum atomic E-state index is -3.72. The Balaban J connectivity index is 1.63. The zero-order valence-corrected chi connectivity index (χ0v) is 18.7. The molecule has 170 valence electrons. The van der Waals surface area contributed by atoms with Crippen molar-refractivity contribution in [3.63, 3.8) is 0 Å². The minimum absolute atomic E-state index is 0.0119. The van der Waals surface area contributed by atoms with Gasteiger partial charge in [-0.25, -0.2) is 17.2 Å². The summed E-state index contributed by atoms with van der Waals surface area (Å²) >= 11 is 0. The average molecular weight is 463 g/mol. The Hall–Kier alpha value is -2.78. The highest BCUT2D eigenvalue weighted by Crippen LogP contribution is 2.38. The van der Waals surface area contributed by atoms with Crippen LogP contribution < -0.4 is 0 Å². The molecule has 0 aliphatic carbocycles. The molecule has 1 aliphatic heterocycles. The predicted molar refractivity (Wildman–Crippen MR) is 116 cm³/mol. The fourth-order valence-electron chi connectivity index (χ4n) is 4.53. The highest BCUT2D eigenvalue weighted by Gasteiger charge is 2.32. The molecule has 0 radical (unpaired) electrons. The van der Waals surface area contributed by atoms with Crippen molar-refractivity contribution in [2.75, 3.05) is 20.2 Å². The number of sulfonamides is 1. The number of halogens is 2. The molecule has 0 amide bonds. The first-order valence-corrected chi connectivity index (χ1v) is 11.8. The summed E-state index contributed by atoms with van der Waals surface area (Å²) in [6, 6.07) is 9.28. The zero-order chi connectivity index (χ0) is 23.0. The fourth-order valence-corrected chi connectivity index (χ4v) is 6.00. The molecule has 0 N–H and O–H groups in total. The first-order chi connectivity index (χ1) is 15.2. The lowest BCUT2D eigenvalue weighted by Gasteiger charge is -2.31. The highest BCUT2D eigenvalue weighted by molar-refractivity contribution is 7.89. The van der Waals surface area contributed by atoms with Crippen LogP contribution in [0.3, 0.4) is 0 Å². The van der Waals surface area contributed by atoms with E-state index in [4.69, 9.17) is 4.74 Å². The molecule has 0 saturated carbocycles. The number of ether oxygens (including phenoxy) is 1. The minimum Gasteiger partial charge on any atom is -0.468 e. The summed E-state index contributed by atoms with van der Waals surface area (Å²) in [6.45, 7) is 2.49. The van der Waals surface area contributed by atoms with Gasteiger partial charge in [-0.3, -0.25) is 4.79 Å². The van der Waals surface area contributed by atoms with Crippen LogP contribution in [-0.2, 0) is 26.1 Å². The summed E-state index contributed by atoms with van der Waals surface area (Å²) in [5.41, 5.74) is 2.52. The Labute approximate surface area is 185 Å². The second-order valence-electron chi connectivity index (χ2n) is 7.96. The van der Waals surface area contributed by atoms with E-state index in [0.29, 0.717) is 25.9 Å². The highest BCUT2D eigenvalue weighted by atomic mass is 32.2. The van der Waals surface area contributed by atoms with Gasteiger partial charge in [0.2, 0.25) is 10.0 Å². The summed E-state index contributed by atoms with van der Waals surface area (Å²) in [6.07, 6.45) is 1.10. The van der Waals surface area contributed by atoms with E-state index in [1.54, 1.807) is 6.07 Å². The van der Waals surface area contributed by atoms with Crippen molar-refractivity contribution in [2.45, 2.75) is 37.1 Å². The van der Waals surface area contributed by atoms with E-state index >= 15 is 0 Å². The lowest BCUT2D eigenvalue weighted by Crippen LogP contribution is -2.38. The third-order valence-corrected chi connectivity index (χ3v) is 8.08. The molecule has 1 fully saturated rings. The van der Waals surface area contributed by atoms with E-state index in [2.05, 4.69) is 0 Å². The van der Waals surface area contributed by atoms with Gasteiger partial charge in [-0.15, -0.1) is 0 Å². The van der Waals surface area contributed by atoms with Crippen LogP contribution in [0.25, 0.3) is 10.9 Å². The number of carbonyl (C=O) groups excluding carboxylic acids is 1. The average Bonchev–Trinajstić information content (AvgIpc) is 3.04. The molecule has 1 aromatic heterocycles. The maximum Gasteiger partial charge on any atom is 0.325 e. The first-order valence-electron chi connectivity index (χ1n) is 10.3. The number of fused-ring (bicyclic) bond motifs is 1. The molecule has 32 heavy (non-hydrogen) atoms. The van der Waals surface area contributed by atoms with Crippen LogP contribution in [0, 0.1) is 18.6 Å². The van der Waals surface area contributed by atoms with Gasteiger partial charge in [-0.1, -0.05) is 0 Å². The van der Waals surface area contributed by atoms with Crippen LogP contribution in [0.1, 0.15) is 30.0 Å². The molecule has 1 aliphatic rings. The third kappa shape index (κ3) is 4.02. The van der Waals surface area contributed by atoms with Crippen LogP contribution in [0.15, 0.2) is 47.4 Å². The van der Waals surface area contributed by atoms with Gasteiger partial charge in [0.15, 0.2) is 0 Å². The van der Waals surface area contributed by atoms with Gasteiger partial charge >= 0.3 is 5.97 Å². The molecule has 0 atom stereocenters. The van der Waals surface area contributed by atoms with Crippen molar-refractivity contribution in [2.24, 2.45) is 0 Å². The number of piperidine rings is 1. The molecule has 4 rings (SSSR count). The molecule has 3 aromatic rings. The van der Waals surface area contributed by atoms with Crippen LogP contribution in [0.5, 0.6) is 0 Å². The molecule has 9 heteroatoms. The number of esters is 1. The second-order valence-corrected chi connectivity index (χ2v) is 9.89. The zero-order valence-electron chi connectivity index (χ0n) is 17.8. The van der Waals surface area contributed by atoms with Crippen LogP contribution >= 0.6 is 0 Å². The number of methoxy groups -OCH3 is 1. The topological polar surface area (TPSA) is 68.6 Å². The molecule has 1 saturated heterocycles. The molecular weight excluding hydrogens is 438 g/mol. The second kappa shape index (κ2) is 8.63. The number of hydrogen-bond acceptors (Lipinski definition) is 4. The summed E-state index contributed by atoms with van der Waals surface area (Å²) in [5.74, 6) is -1.25. The standard InChI is InChI=1S/C23H24F2N2O4S/c1-15-23(20-13-18(25)5-8-21(20)27(15)14-22(28)31-2)16-9-11-26(12-10-16)32(29,30)19-6-3-17(24)4-7-19/h3-8,13,16H,9-12,14H2,1-2H3. The van der Waals surface area contributed by atoms with Crippen molar-refractivity contribution in [1.82, 2.24) is 8.87 Å². The third-order valence-electron chi connectivity index (χ3n) is 6.16. The molecule has 2 heterocycles. The Morgan fingerprint density at radius 1 is 1.06 bits per heavy atom. The van der Waals surface area contributed by atoms with Gasteiger partial charge in [0.25, 0.3) is 0 Å². The van der Waals surface area contributed by atoms with Crippen LogP contribution in [-0.4, -0.2) is 43.5 Å². The van der Waals surface area contributed by atoms with Crippen molar-refractivity contribution < 1.29 is 26.7 Å². The van der Waals surface area contributed by atoms with E-state index in [1.807, 2.05) is 11.5 Å². The van der Waals surface area contributed by atoms with Gasteiger partial charge in [-0.05, 0) is 73.7 Å². The number of hydrogen-bond donors (Lipinski definition) is 0. The Bertz CT molecular complexity index is 1260. The van der Waals surface area contributed by atoms with Gasteiger partial charge < -0.3 is 9.30 Å². The Morgan fingerprint density at radius 3 is 2.31 bits per heavy atom. The molecule has 0 unspecified atom stereocenters. The summed E-state index contributed by atoms with van der Waals surface area (Å²) < 4.78 is 61.1. The summed E-state index contributed by atoms with van der Waals surface area (Å²) in [5, 5.41) is 0.728. The number of aromatic nitrogens is 1. The number of benzene rings is 2. The summed E-state index contributed by atoms with van der Waals surface area (Å²) in [4.78, 5) is 12.0. The maximum absolute atomic E-state index is 14.1. The SMILES string of the molecule is COC(=O)Cn1c(C)c(C2CCN(S(=O)(=O)c3ccc(F)cc3)CC2)c2cc(F)ccc21. The Kier molecular flexibility index (Phi) is 6.05. The lowest BCUT2D eigenvalue weighted by molar-refractivity contribution is -0.141. The number of rotatable bonds is 5. The van der Waals surface area contributed by atoms with Crippen LogP contribution in [0.2, 0.25) is 0 Å². The van der Waals surface area contributed by atoms with E-state index in [-0.39, 0.29) is 23.2 Å². The van der Waals surface area contributed by atoms with E-state index < -0.39 is 21.8 Å². The lowest BCUT2D eigenvalue weighted by atomic mass is 9.88. The quantitative estimate of drug-likeness (QED) is 0.538. The van der Waals surface area contributed by atoms with Gasteiger partial charge in [-0.2, -0.15) is 4.31 Å². The van der Waals surface area contributed by atoms with Crippen LogP contribution in [0.4, 0.5) is 8.78 Å². The molecule has 2 aromatic carbocycles. The fraction of sp³-hybridized carbons (Fsp3) is 0.348. The molecule has 0 bridgehead atoms. The first kappa shape index (κ1) is 22.4. The normalized spacial score (nSPS) is 15.9. The monoisotopic (exact) mass is 462 g/mol. The van der Waals surface area contributed by atoms with E-state index in [1.165, 1.54) is 35.7 Å². The number of carbonyl (C=O) groups is 1. The van der Waals surface area contributed by atoms with E-state index in [9.17, 15) is 22.0 Å². The largest absolute Gasteiger partial charge is 0.468 e.